The van der Waals surface area contributed by atoms with Gasteiger partial charge in [0.25, 0.3) is 0 Å². The third kappa shape index (κ3) is 3.27. The topological polar surface area (TPSA) is 96.2 Å². The second-order valence-electron chi connectivity index (χ2n) is 3.72. The Labute approximate surface area is 89.2 Å². The molecule has 1 aliphatic rings. The fourth-order valence-electron chi connectivity index (χ4n) is 1.54. The lowest BCUT2D eigenvalue weighted by Gasteiger charge is -2.22. The van der Waals surface area contributed by atoms with Gasteiger partial charge in [-0.1, -0.05) is 6.92 Å². The van der Waals surface area contributed by atoms with Crippen LogP contribution in [0.2, 0.25) is 0 Å². The van der Waals surface area contributed by atoms with Crippen LogP contribution in [0.4, 0.5) is 0 Å². The number of ether oxygens (including phenoxy) is 1. The van der Waals surface area contributed by atoms with Gasteiger partial charge in [-0.25, -0.2) is 4.57 Å². The summed E-state index contributed by atoms with van der Waals surface area (Å²) in [7, 11) is 0.957. The number of rotatable bonds is 3. The molecular formula is C7H14BO6P. The molecule has 1 rings (SSSR count). The van der Waals surface area contributed by atoms with E-state index in [2.05, 4.69) is 4.52 Å². The summed E-state index contributed by atoms with van der Waals surface area (Å²) in [6.07, 6.45) is -2.62. The minimum Gasteiger partial charge on any atom is -0.390 e. The van der Waals surface area contributed by atoms with E-state index in [1.54, 1.807) is 6.92 Å². The third-order valence-corrected chi connectivity index (χ3v) is 3.08. The largest absolute Gasteiger partial charge is 0.469 e. The van der Waals surface area contributed by atoms with Crippen molar-refractivity contribution in [1.82, 2.24) is 0 Å². The van der Waals surface area contributed by atoms with Crippen molar-refractivity contribution in [3.8, 4) is 0 Å². The average molecular weight is 236 g/mol. The molecule has 1 aliphatic heterocycles. The van der Waals surface area contributed by atoms with Gasteiger partial charge in [0.15, 0.2) is 0 Å². The Balaban J connectivity index is 2.62. The summed E-state index contributed by atoms with van der Waals surface area (Å²) >= 11 is 0. The van der Waals surface area contributed by atoms with E-state index >= 15 is 0 Å². The Morgan fingerprint density at radius 3 is 2.40 bits per heavy atom. The number of aliphatic hydroxyl groups is 1. The van der Waals surface area contributed by atoms with E-state index in [4.69, 9.17) is 22.4 Å². The first-order chi connectivity index (χ1) is 6.72. The van der Waals surface area contributed by atoms with Crippen LogP contribution < -0.4 is 0 Å². The zero-order valence-corrected chi connectivity index (χ0v) is 9.37. The van der Waals surface area contributed by atoms with Gasteiger partial charge in [0.1, 0.15) is 14.0 Å². The summed E-state index contributed by atoms with van der Waals surface area (Å²) in [5.41, 5.74) is 0. The van der Waals surface area contributed by atoms with Crippen LogP contribution in [-0.4, -0.2) is 47.1 Å². The molecule has 5 atom stereocenters. The van der Waals surface area contributed by atoms with E-state index in [9.17, 15) is 9.67 Å². The Morgan fingerprint density at radius 2 is 2.07 bits per heavy atom. The monoisotopic (exact) mass is 236 g/mol. The average Bonchev–Trinajstić information content (AvgIpc) is 2.30. The fourth-order valence-corrected chi connectivity index (χ4v) is 2.10. The van der Waals surface area contributed by atoms with Gasteiger partial charge in [-0.2, -0.15) is 0 Å². The first-order valence-corrected chi connectivity index (χ1v) is 6.08. The Morgan fingerprint density at radius 1 is 1.53 bits per heavy atom. The summed E-state index contributed by atoms with van der Waals surface area (Å²) in [5, 5.41) is 9.66. The van der Waals surface area contributed by atoms with Gasteiger partial charge in [0.2, 0.25) is 0 Å². The second-order valence-corrected chi connectivity index (χ2v) is 4.91. The predicted molar refractivity (Wildman–Crippen MR) is 52.2 cm³/mol. The number of hydrogen-bond acceptors (Lipinski definition) is 4. The summed E-state index contributed by atoms with van der Waals surface area (Å²) < 4.78 is 20.1. The van der Waals surface area contributed by atoms with Crippen LogP contribution >= 0.6 is 7.82 Å². The smallest absolute Gasteiger partial charge is 0.390 e. The molecule has 15 heavy (non-hydrogen) atoms. The van der Waals surface area contributed by atoms with Crippen LogP contribution in [0.5, 0.6) is 0 Å². The molecule has 0 aromatic carbocycles. The zero-order chi connectivity index (χ0) is 11.8. The second kappa shape index (κ2) is 4.53. The van der Waals surface area contributed by atoms with E-state index in [1.807, 2.05) is 0 Å². The van der Waals surface area contributed by atoms with Crippen molar-refractivity contribution >= 4 is 15.7 Å². The standard InChI is InChI=1S/C7H14BO6P/c1-3-5(9)6(13-7(3)8)4(2)14-15(10,11)12/h3-7,9H,1-2H3,(H2,10,11,12)/t3-,4?,5+,6-,7-/m1/s1. The maximum atomic E-state index is 10.6. The highest BCUT2D eigenvalue weighted by Crippen LogP contribution is 2.40. The van der Waals surface area contributed by atoms with Crippen LogP contribution in [0.15, 0.2) is 0 Å². The quantitative estimate of drug-likeness (QED) is 0.446. The Bertz CT molecular complexity index is 268. The summed E-state index contributed by atoms with van der Waals surface area (Å²) in [4.78, 5) is 17.2. The predicted octanol–water partition coefficient (Wildman–Crippen LogP) is -0.625. The molecule has 0 spiro atoms. The van der Waals surface area contributed by atoms with Crippen molar-refractivity contribution in [2.45, 2.75) is 38.2 Å². The first-order valence-electron chi connectivity index (χ1n) is 4.55. The van der Waals surface area contributed by atoms with E-state index in [0.717, 1.165) is 0 Å². The molecule has 86 valence electrons. The zero-order valence-electron chi connectivity index (χ0n) is 8.48. The minimum absolute atomic E-state index is 0.294. The molecule has 2 radical (unpaired) electrons. The van der Waals surface area contributed by atoms with Crippen LogP contribution in [-0.2, 0) is 13.8 Å². The summed E-state index contributed by atoms with van der Waals surface area (Å²) in [5.74, 6) is -0.294. The number of aliphatic hydroxyl groups excluding tert-OH is 1. The molecule has 3 N–H and O–H groups in total. The van der Waals surface area contributed by atoms with E-state index in [0.29, 0.717) is 0 Å². The van der Waals surface area contributed by atoms with Crippen molar-refractivity contribution in [2.24, 2.45) is 5.92 Å². The van der Waals surface area contributed by atoms with Crippen molar-refractivity contribution in [3.63, 3.8) is 0 Å². The van der Waals surface area contributed by atoms with E-state index in [1.165, 1.54) is 6.92 Å². The van der Waals surface area contributed by atoms with Crippen molar-refractivity contribution < 1.29 is 28.7 Å². The lowest BCUT2D eigenvalue weighted by molar-refractivity contribution is -0.0429. The molecule has 1 fully saturated rings. The van der Waals surface area contributed by atoms with Gasteiger partial charge >= 0.3 is 7.82 Å². The van der Waals surface area contributed by atoms with Gasteiger partial charge in [-0.05, 0) is 6.92 Å². The van der Waals surface area contributed by atoms with Gasteiger partial charge in [0.05, 0.1) is 12.2 Å². The maximum absolute atomic E-state index is 10.6. The maximum Gasteiger partial charge on any atom is 0.469 e. The van der Waals surface area contributed by atoms with Gasteiger partial charge in [-0.15, -0.1) is 0 Å². The molecule has 0 saturated carbocycles. The molecule has 6 nitrogen and oxygen atoms in total. The number of hydrogen-bond donors (Lipinski definition) is 3. The van der Waals surface area contributed by atoms with Crippen LogP contribution in [0.25, 0.3) is 0 Å². The lowest BCUT2D eigenvalue weighted by atomic mass is 9.86. The third-order valence-electron chi connectivity index (χ3n) is 2.47. The first kappa shape index (κ1) is 13.2. The molecule has 0 aromatic heterocycles. The van der Waals surface area contributed by atoms with Crippen LogP contribution in [0.3, 0.4) is 0 Å². The molecule has 1 unspecified atom stereocenters. The highest BCUT2D eigenvalue weighted by Gasteiger charge is 2.42. The van der Waals surface area contributed by atoms with Gasteiger partial charge in [0, 0.05) is 11.9 Å². The molecule has 0 amide bonds. The van der Waals surface area contributed by atoms with Crippen LogP contribution in [0, 0.1) is 5.92 Å². The molecule has 0 aliphatic carbocycles. The Kier molecular flexibility index (Phi) is 3.98. The number of phosphoric acid groups is 1. The number of phosphoric ester groups is 1. The van der Waals surface area contributed by atoms with Gasteiger partial charge < -0.3 is 19.6 Å². The van der Waals surface area contributed by atoms with Crippen molar-refractivity contribution in [1.29, 1.82) is 0 Å². The highest BCUT2D eigenvalue weighted by molar-refractivity contribution is 7.46. The van der Waals surface area contributed by atoms with Crippen molar-refractivity contribution in [2.75, 3.05) is 0 Å². The SMILES string of the molecule is [B][C@@H]1O[C@H](C(C)OP(=O)(O)O)[C@@H](O)[C@H]1C. The molecule has 1 heterocycles. The van der Waals surface area contributed by atoms with Crippen molar-refractivity contribution in [3.05, 3.63) is 0 Å². The molecule has 0 bridgehead atoms. The molecule has 8 heteroatoms. The van der Waals surface area contributed by atoms with E-state index < -0.39 is 32.1 Å². The molecular weight excluding hydrogens is 222 g/mol. The van der Waals surface area contributed by atoms with Crippen LogP contribution in [0.1, 0.15) is 13.8 Å². The minimum atomic E-state index is -4.57. The molecule has 0 aromatic rings. The fraction of sp³-hybridized carbons (Fsp3) is 1.00. The summed E-state index contributed by atoms with van der Waals surface area (Å²) in [6.45, 7) is 3.11. The molecule has 1 saturated heterocycles. The highest BCUT2D eigenvalue weighted by atomic mass is 31.2. The lowest BCUT2D eigenvalue weighted by Crippen LogP contribution is -2.35. The normalized spacial score (nSPS) is 39.3. The van der Waals surface area contributed by atoms with E-state index in [-0.39, 0.29) is 5.92 Å². The van der Waals surface area contributed by atoms with Gasteiger partial charge in [-0.3, -0.25) is 4.52 Å². The Hall–Kier alpha value is 0.0949. The summed E-state index contributed by atoms with van der Waals surface area (Å²) in [6, 6.07) is -0.646.